The second kappa shape index (κ2) is 6.50. The number of rotatable bonds is 6. The maximum Gasteiger partial charge on any atom is 0.123 e. The highest BCUT2D eigenvalue weighted by atomic mass is 79.9. The van der Waals surface area contributed by atoms with E-state index in [1.807, 2.05) is 0 Å². The highest BCUT2D eigenvalue weighted by molar-refractivity contribution is 9.10. The second-order valence-electron chi connectivity index (χ2n) is 4.64. The molecular formula is C14H20BrFO. The van der Waals surface area contributed by atoms with Crippen LogP contribution in [0.3, 0.4) is 0 Å². The van der Waals surface area contributed by atoms with E-state index in [1.54, 1.807) is 6.07 Å². The third kappa shape index (κ3) is 4.40. The van der Waals surface area contributed by atoms with Crippen molar-refractivity contribution in [2.75, 3.05) is 0 Å². The van der Waals surface area contributed by atoms with Crippen LogP contribution in [0.15, 0.2) is 22.7 Å². The van der Waals surface area contributed by atoms with Crippen molar-refractivity contribution in [3.63, 3.8) is 0 Å². The molecule has 0 radical (unpaired) electrons. The number of halogens is 2. The summed E-state index contributed by atoms with van der Waals surface area (Å²) in [6, 6.07) is 4.62. The van der Waals surface area contributed by atoms with Crippen molar-refractivity contribution in [1.29, 1.82) is 0 Å². The molecule has 1 N–H and O–H groups in total. The molecular weight excluding hydrogens is 283 g/mol. The summed E-state index contributed by atoms with van der Waals surface area (Å²) >= 11 is 3.41. The first-order chi connectivity index (χ1) is 8.00. The largest absolute Gasteiger partial charge is 0.390 e. The van der Waals surface area contributed by atoms with E-state index in [0.29, 0.717) is 6.42 Å². The van der Waals surface area contributed by atoms with Crippen LogP contribution in [0, 0.1) is 5.82 Å². The Hall–Kier alpha value is -0.410. The zero-order valence-electron chi connectivity index (χ0n) is 10.5. The molecule has 17 heavy (non-hydrogen) atoms. The Balaban J connectivity index is 2.88. The smallest absolute Gasteiger partial charge is 0.123 e. The third-order valence-electron chi connectivity index (χ3n) is 2.96. The zero-order chi connectivity index (χ0) is 12.9. The predicted octanol–water partition coefficient (Wildman–Crippen LogP) is 4.46. The molecule has 0 heterocycles. The van der Waals surface area contributed by atoms with Gasteiger partial charge in [-0.25, -0.2) is 4.39 Å². The Morgan fingerprint density at radius 2 is 1.82 bits per heavy atom. The Kier molecular flexibility index (Phi) is 5.60. The molecule has 0 aliphatic rings. The maximum absolute atomic E-state index is 13.2. The van der Waals surface area contributed by atoms with E-state index in [2.05, 4.69) is 29.8 Å². The lowest BCUT2D eigenvalue weighted by Gasteiger charge is -2.28. The molecule has 0 saturated carbocycles. The quantitative estimate of drug-likeness (QED) is 0.822. The fourth-order valence-corrected chi connectivity index (χ4v) is 2.65. The predicted molar refractivity (Wildman–Crippen MR) is 72.6 cm³/mol. The summed E-state index contributed by atoms with van der Waals surface area (Å²) in [7, 11) is 0. The van der Waals surface area contributed by atoms with Crippen LogP contribution in [0.25, 0.3) is 0 Å². The second-order valence-corrected chi connectivity index (χ2v) is 5.49. The van der Waals surface area contributed by atoms with Crippen molar-refractivity contribution in [3.8, 4) is 0 Å². The molecule has 0 bridgehead atoms. The van der Waals surface area contributed by atoms with Gasteiger partial charge in [0.2, 0.25) is 0 Å². The van der Waals surface area contributed by atoms with Gasteiger partial charge in [-0.3, -0.25) is 0 Å². The fraction of sp³-hybridized carbons (Fsp3) is 0.571. The summed E-state index contributed by atoms with van der Waals surface area (Å²) in [4.78, 5) is 0. The minimum Gasteiger partial charge on any atom is -0.390 e. The molecule has 0 saturated heterocycles. The van der Waals surface area contributed by atoms with Crippen molar-refractivity contribution in [2.45, 2.75) is 51.6 Å². The van der Waals surface area contributed by atoms with Gasteiger partial charge in [-0.15, -0.1) is 0 Å². The Labute approximate surface area is 111 Å². The molecule has 0 fully saturated rings. The van der Waals surface area contributed by atoms with E-state index < -0.39 is 5.60 Å². The lowest BCUT2D eigenvalue weighted by molar-refractivity contribution is 0.0214. The van der Waals surface area contributed by atoms with Crippen molar-refractivity contribution in [1.82, 2.24) is 0 Å². The zero-order valence-corrected chi connectivity index (χ0v) is 12.1. The summed E-state index contributed by atoms with van der Waals surface area (Å²) < 4.78 is 14.1. The summed E-state index contributed by atoms with van der Waals surface area (Å²) in [5.41, 5.74) is 0.134. The van der Waals surface area contributed by atoms with E-state index in [9.17, 15) is 9.50 Å². The minimum atomic E-state index is -0.709. The first-order valence-corrected chi connectivity index (χ1v) is 6.96. The van der Waals surface area contributed by atoms with Gasteiger partial charge in [0.05, 0.1) is 5.60 Å². The van der Waals surface area contributed by atoms with Crippen molar-refractivity contribution >= 4 is 15.9 Å². The average Bonchev–Trinajstić information content (AvgIpc) is 2.24. The number of benzene rings is 1. The topological polar surface area (TPSA) is 20.2 Å². The van der Waals surface area contributed by atoms with Gasteiger partial charge in [0.15, 0.2) is 0 Å². The lowest BCUT2D eigenvalue weighted by atomic mass is 9.86. The maximum atomic E-state index is 13.2. The molecule has 0 spiro atoms. The van der Waals surface area contributed by atoms with Crippen LogP contribution in [-0.4, -0.2) is 10.7 Å². The molecule has 1 rings (SSSR count). The summed E-state index contributed by atoms with van der Waals surface area (Å²) in [5.74, 6) is -0.251. The van der Waals surface area contributed by atoms with Crippen LogP contribution < -0.4 is 0 Å². The highest BCUT2D eigenvalue weighted by Crippen LogP contribution is 2.28. The van der Waals surface area contributed by atoms with Gasteiger partial charge in [0.25, 0.3) is 0 Å². The molecule has 1 aromatic rings. The molecule has 3 heteroatoms. The van der Waals surface area contributed by atoms with Crippen LogP contribution in [0.2, 0.25) is 0 Å². The monoisotopic (exact) mass is 302 g/mol. The summed E-state index contributed by atoms with van der Waals surface area (Å²) in [5, 5.41) is 10.5. The van der Waals surface area contributed by atoms with Crippen LogP contribution >= 0.6 is 15.9 Å². The third-order valence-corrected chi connectivity index (χ3v) is 3.73. The van der Waals surface area contributed by atoms with Crippen molar-refractivity contribution < 1.29 is 9.50 Å². The van der Waals surface area contributed by atoms with Gasteiger partial charge in [-0.2, -0.15) is 0 Å². The highest BCUT2D eigenvalue weighted by Gasteiger charge is 2.26. The van der Waals surface area contributed by atoms with Crippen molar-refractivity contribution in [2.24, 2.45) is 0 Å². The van der Waals surface area contributed by atoms with Crippen LogP contribution in [0.5, 0.6) is 0 Å². The Morgan fingerprint density at radius 3 is 2.35 bits per heavy atom. The number of hydrogen-bond donors (Lipinski definition) is 1. The van der Waals surface area contributed by atoms with E-state index in [0.717, 1.165) is 35.7 Å². The van der Waals surface area contributed by atoms with Crippen LogP contribution in [0.4, 0.5) is 4.39 Å². The van der Waals surface area contributed by atoms with E-state index in [-0.39, 0.29) is 5.82 Å². The van der Waals surface area contributed by atoms with Crippen LogP contribution in [0.1, 0.15) is 45.1 Å². The van der Waals surface area contributed by atoms with E-state index in [4.69, 9.17) is 0 Å². The van der Waals surface area contributed by atoms with Gasteiger partial charge >= 0.3 is 0 Å². The average molecular weight is 303 g/mol. The first-order valence-electron chi connectivity index (χ1n) is 6.17. The SMILES string of the molecule is CCCC(O)(CCC)Cc1cc(F)ccc1Br. The van der Waals surface area contributed by atoms with Crippen molar-refractivity contribution in [3.05, 3.63) is 34.1 Å². The molecule has 0 aliphatic heterocycles. The normalized spacial score (nSPS) is 11.8. The first kappa shape index (κ1) is 14.7. The number of aliphatic hydroxyl groups is 1. The summed E-state index contributed by atoms with van der Waals surface area (Å²) in [6.07, 6.45) is 3.88. The lowest BCUT2D eigenvalue weighted by Crippen LogP contribution is -2.31. The summed E-state index contributed by atoms with van der Waals surface area (Å²) in [6.45, 7) is 4.11. The van der Waals surface area contributed by atoms with Gasteiger partial charge < -0.3 is 5.11 Å². The molecule has 0 aliphatic carbocycles. The molecule has 96 valence electrons. The van der Waals surface area contributed by atoms with Gasteiger partial charge in [0, 0.05) is 10.9 Å². The van der Waals surface area contributed by atoms with E-state index in [1.165, 1.54) is 12.1 Å². The molecule has 0 unspecified atom stereocenters. The molecule has 0 aromatic heterocycles. The molecule has 1 aromatic carbocycles. The van der Waals surface area contributed by atoms with E-state index >= 15 is 0 Å². The minimum absolute atomic E-state index is 0.251. The number of hydrogen-bond acceptors (Lipinski definition) is 1. The Morgan fingerprint density at radius 1 is 1.24 bits per heavy atom. The van der Waals surface area contributed by atoms with Gasteiger partial charge in [-0.1, -0.05) is 42.6 Å². The fourth-order valence-electron chi connectivity index (χ4n) is 2.27. The molecule has 0 atom stereocenters. The molecule has 1 nitrogen and oxygen atoms in total. The molecule has 0 amide bonds. The van der Waals surface area contributed by atoms with Gasteiger partial charge in [-0.05, 0) is 36.6 Å². The Bertz CT molecular complexity index is 359. The van der Waals surface area contributed by atoms with Crippen LogP contribution in [-0.2, 0) is 6.42 Å². The van der Waals surface area contributed by atoms with Gasteiger partial charge in [0.1, 0.15) is 5.82 Å². The standard InChI is InChI=1S/C14H20BrFO/c1-3-7-14(17,8-4-2)10-11-9-12(16)5-6-13(11)15/h5-6,9,17H,3-4,7-8,10H2,1-2H3.